The summed E-state index contributed by atoms with van der Waals surface area (Å²) in [6, 6.07) is 4.00. The van der Waals surface area contributed by atoms with Crippen molar-refractivity contribution in [1.82, 2.24) is 0 Å². The van der Waals surface area contributed by atoms with Crippen molar-refractivity contribution in [2.24, 2.45) is 0 Å². The third kappa shape index (κ3) is 1.76. The van der Waals surface area contributed by atoms with E-state index in [4.69, 9.17) is 0 Å². The van der Waals surface area contributed by atoms with Crippen LogP contribution in [0.3, 0.4) is 0 Å². The number of ketones is 2. The van der Waals surface area contributed by atoms with E-state index in [0.717, 1.165) is 6.07 Å². The second kappa shape index (κ2) is 4.33. The van der Waals surface area contributed by atoms with Gasteiger partial charge in [-0.25, -0.2) is 0 Å². The Balaban J connectivity index is 2.42. The zero-order valence-electron chi connectivity index (χ0n) is 10.8. The van der Waals surface area contributed by atoms with E-state index in [1.807, 2.05) is 0 Å². The predicted octanol–water partition coefficient (Wildman–Crippen LogP) is 2.65. The molecule has 106 valence electrons. The van der Waals surface area contributed by atoms with Crippen LogP contribution in [-0.4, -0.2) is 26.9 Å². The summed E-state index contributed by atoms with van der Waals surface area (Å²) in [6.45, 7) is 1.68. The van der Waals surface area contributed by atoms with Gasteiger partial charge >= 0.3 is 0 Å². The molecule has 0 saturated heterocycles. The molecule has 5 nitrogen and oxygen atoms in total. The highest BCUT2D eigenvalue weighted by atomic mass is 79.9. The minimum atomic E-state index is -0.657. The molecule has 0 fully saturated rings. The van der Waals surface area contributed by atoms with Gasteiger partial charge in [-0.3, -0.25) is 9.59 Å². The Morgan fingerprint density at radius 2 is 1.48 bits per heavy atom. The number of hydrogen-bond acceptors (Lipinski definition) is 5. The van der Waals surface area contributed by atoms with Crippen molar-refractivity contribution in [3.8, 4) is 17.2 Å². The highest BCUT2D eigenvalue weighted by Crippen LogP contribution is 2.43. The number of benzene rings is 2. The van der Waals surface area contributed by atoms with Crippen molar-refractivity contribution < 1.29 is 24.9 Å². The molecule has 0 saturated carbocycles. The van der Waals surface area contributed by atoms with Crippen molar-refractivity contribution in [2.75, 3.05) is 0 Å². The fourth-order valence-corrected chi connectivity index (χ4v) is 2.81. The van der Waals surface area contributed by atoms with Gasteiger partial charge in [-0.1, -0.05) is 0 Å². The maximum atomic E-state index is 12.5. The van der Waals surface area contributed by atoms with Gasteiger partial charge < -0.3 is 15.3 Å². The minimum absolute atomic E-state index is 0.0612. The number of hydrogen-bond donors (Lipinski definition) is 3. The Morgan fingerprint density at radius 3 is 2.14 bits per heavy atom. The number of aryl methyl sites for hydroxylation is 1. The largest absolute Gasteiger partial charge is 0.507 e. The van der Waals surface area contributed by atoms with Gasteiger partial charge in [-0.2, -0.15) is 0 Å². The zero-order chi connectivity index (χ0) is 15.5. The molecule has 3 rings (SSSR count). The summed E-state index contributed by atoms with van der Waals surface area (Å²) in [5.74, 6) is -2.36. The highest BCUT2D eigenvalue weighted by Gasteiger charge is 2.36. The van der Waals surface area contributed by atoms with E-state index >= 15 is 0 Å². The molecule has 3 N–H and O–H groups in total. The standard InChI is InChI=1S/C15H9BrO5/c1-5-2-6-10(8(17)3-5)14(20)11-7(13(6)19)4-9(18)12(16)15(11)21/h2-4,17-18,21H,1H3. The van der Waals surface area contributed by atoms with E-state index in [1.54, 1.807) is 6.92 Å². The molecule has 0 spiro atoms. The lowest BCUT2D eigenvalue weighted by Gasteiger charge is -2.20. The first-order chi connectivity index (χ1) is 9.82. The summed E-state index contributed by atoms with van der Waals surface area (Å²) >= 11 is 2.95. The van der Waals surface area contributed by atoms with Gasteiger partial charge in [0, 0.05) is 11.1 Å². The molecule has 0 amide bonds. The van der Waals surface area contributed by atoms with Crippen molar-refractivity contribution in [3.05, 3.63) is 50.5 Å². The third-order valence-corrected chi connectivity index (χ3v) is 4.21. The lowest BCUT2D eigenvalue weighted by molar-refractivity contribution is 0.0973. The first-order valence-corrected chi connectivity index (χ1v) is 6.79. The van der Waals surface area contributed by atoms with Gasteiger partial charge in [0.15, 0.2) is 5.78 Å². The normalized spacial score (nSPS) is 13.0. The fourth-order valence-electron chi connectivity index (χ4n) is 2.49. The van der Waals surface area contributed by atoms with E-state index in [-0.39, 0.29) is 38.2 Å². The lowest BCUT2D eigenvalue weighted by Crippen LogP contribution is -2.21. The molecule has 0 radical (unpaired) electrons. The van der Waals surface area contributed by atoms with Gasteiger partial charge in [0.25, 0.3) is 0 Å². The molecule has 2 aromatic rings. The molecule has 1 aliphatic rings. The van der Waals surface area contributed by atoms with Crippen molar-refractivity contribution in [2.45, 2.75) is 6.92 Å². The minimum Gasteiger partial charge on any atom is -0.507 e. The Hall–Kier alpha value is -2.34. The van der Waals surface area contributed by atoms with E-state index in [0.29, 0.717) is 5.56 Å². The zero-order valence-corrected chi connectivity index (χ0v) is 12.4. The smallest absolute Gasteiger partial charge is 0.202 e. The molecule has 21 heavy (non-hydrogen) atoms. The van der Waals surface area contributed by atoms with Crippen LogP contribution in [0.4, 0.5) is 0 Å². The summed E-state index contributed by atoms with van der Waals surface area (Å²) in [5.41, 5.74) is 0.241. The molecular formula is C15H9BrO5. The van der Waals surface area contributed by atoms with Crippen LogP contribution in [0.15, 0.2) is 22.7 Å². The summed E-state index contributed by atoms with van der Waals surface area (Å²) in [7, 11) is 0. The summed E-state index contributed by atoms with van der Waals surface area (Å²) in [5, 5.41) is 29.7. The van der Waals surface area contributed by atoms with Crippen molar-refractivity contribution in [3.63, 3.8) is 0 Å². The molecule has 0 atom stereocenters. The lowest BCUT2D eigenvalue weighted by atomic mass is 9.82. The van der Waals surface area contributed by atoms with Crippen LogP contribution >= 0.6 is 15.9 Å². The predicted molar refractivity (Wildman–Crippen MR) is 77.2 cm³/mol. The van der Waals surface area contributed by atoms with Crippen LogP contribution in [0.1, 0.15) is 37.4 Å². The van der Waals surface area contributed by atoms with Crippen LogP contribution in [0, 0.1) is 6.92 Å². The second-order valence-electron chi connectivity index (χ2n) is 4.85. The summed E-state index contributed by atoms with van der Waals surface area (Å²) in [6.07, 6.45) is 0. The monoisotopic (exact) mass is 348 g/mol. The Kier molecular flexibility index (Phi) is 2.81. The number of halogens is 1. The van der Waals surface area contributed by atoms with Crippen LogP contribution in [0.25, 0.3) is 0 Å². The number of phenols is 3. The van der Waals surface area contributed by atoms with Gasteiger partial charge in [-0.15, -0.1) is 0 Å². The molecule has 0 aliphatic heterocycles. The van der Waals surface area contributed by atoms with E-state index in [1.165, 1.54) is 12.1 Å². The number of fused-ring (bicyclic) bond motifs is 2. The van der Waals surface area contributed by atoms with E-state index in [2.05, 4.69) is 15.9 Å². The first kappa shape index (κ1) is 13.6. The molecule has 0 bridgehead atoms. The highest BCUT2D eigenvalue weighted by molar-refractivity contribution is 9.10. The third-order valence-electron chi connectivity index (χ3n) is 3.43. The number of rotatable bonds is 0. The van der Waals surface area contributed by atoms with Crippen LogP contribution in [0.5, 0.6) is 17.2 Å². The Bertz CT molecular complexity index is 839. The topological polar surface area (TPSA) is 94.8 Å². The molecule has 1 aliphatic carbocycles. The van der Waals surface area contributed by atoms with Gasteiger partial charge in [0.05, 0.1) is 11.1 Å². The molecule has 0 heterocycles. The Labute approximate surface area is 127 Å². The van der Waals surface area contributed by atoms with Crippen LogP contribution < -0.4 is 0 Å². The van der Waals surface area contributed by atoms with Crippen LogP contribution in [-0.2, 0) is 0 Å². The van der Waals surface area contributed by atoms with Crippen LogP contribution in [0.2, 0.25) is 0 Å². The number of carbonyl (C=O) groups excluding carboxylic acids is 2. The number of aromatic hydroxyl groups is 3. The number of phenolic OH excluding ortho intramolecular Hbond substituents is 3. The first-order valence-electron chi connectivity index (χ1n) is 6.00. The van der Waals surface area contributed by atoms with Crippen molar-refractivity contribution in [1.29, 1.82) is 0 Å². The summed E-state index contributed by atoms with van der Waals surface area (Å²) < 4.78 is -0.0718. The summed E-state index contributed by atoms with van der Waals surface area (Å²) in [4.78, 5) is 25.0. The van der Waals surface area contributed by atoms with Gasteiger partial charge in [-0.05, 0) is 46.6 Å². The maximum absolute atomic E-state index is 12.5. The molecule has 0 aromatic heterocycles. The average Bonchev–Trinajstić information content (AvgIpc) is 2.41. The van der Waals surface area contributed by atoms with E-state index < -0.39 is 17.3 Å². The fraction of sp³-hybridized carbons (Fsp3) is 0.0667. The van der Waals surface area contributed by atoms with Gasteiger partial charge in [0.2, 0.25) is 5.78 Å². The molecule has 2 aromatic carbocycles. The molecule has 0 unspecified atom stereocenters. The van der Waals surface area contributed by atoms with Crippen molar-refractivity contribution >= 4 is 27.5 Å². The number of carbonyl (C=O) groups is 2. The van der Waals surface area contributed by atoms with E-state index in [9.17, 15) is 24.9 Å². The molecular weight excluding hydrogens is 340 g/mol. The van der Waals surface area contributed by atoms with Gasteiger partial charge in [0.1, 0.15) is 21.7 Å². The second-order valence-corrected chi connectivity index (χ2v) is 5.64. The average molecular weight is 349 g/mol. The maximum Gasteiger partial charge on any atom is 0.202 e. The quantitative estimate of drug-likeness (QED) is 0.580. The Morgan fingerprint density at radius 1 is 0.857 bits per heavy atom. The molecule has 6 heteroatoms. The SMILES string of the molecule is Cc1cc(O)c2c(c1)C(=O)c1cc(O)c(Br)c(O)c1C2=O.